The summed E-state index contributed by atoms with van der Waals surface area (Å²) in [5, 5.41) is 9.37. The van der Waals surface area contributed by atoms with Crippen molar-refractivity contribution in [3.05, 3.63) is 0 Å². The first-order valence-electron chi connectivity index (χ1n) is 6.77. The van der Waals surface area contributed by atoms with E-state index >= 15 is 0 Å². The highest BCUT2D eigenvalue weighted by Gasteiger charge is 2.39. The van der Waals surface area contributed by atoms with Gasteiger partial charge in [0.15, 0.2) is 0 Å². The van der Waals surface area contributed by atoms with E-state index in [4.69, 9.17) is 5.73 Å². The number of nitrogens with two attached hydrogens (primary N) is 1. The van der Waals surface area contributed by atoms with Crippen molar-refractivity contribution in [2.24, 2.45) is 11.1 Å². The molecule has 1 fully saturated rings. The van der Waals surface area contributed by atoms with E-state index in [-0.39, 0.29) is 18.6 Å². The summed E-state index contributed by atoms with van der Waals surface area (Å²) in [7, 11) is 0. The SMILES string of the molecule is CCC(CC)(CN)C(=O)N1CCCCC1CO. The van der Waals surface area contributed by atoms with Gasteiger partial charge in [0.1, 0.15) is 0 Å². The van der Waals surface area contributed by atoms with Crippen LogP contribution in [0.2, 0.25) is 0 Å². The second kappa shape index (κ2) is 6.36. The molecule has 4 nitrogen and oxygen atoms in total. The van der Waals surface area contributed by atoms with E-state index in [1.807, 2.05) is 18.7 Å². The average molecular weight is 242 g/mol. The van der Waals surface area contributed by atoms with Gasteiger partial charge in [-0.2, -0.15) is 0 Å². The topological polar surface area (TPSA) is 66.6 Å². The maximum absolute atomic E-state index is 12.6. The van der Waals surface area contributed by atoms with Crippen molar-refractivity contribution >= 4 is 5.91 Å². The molecule has 3 N–H and O–H groups in total. The minimum Gasteiger partial charge on any atom is -0.394 e. The fraction of sp³-hybridized carbons (Fsp3) is 0.923. The van der Waals surface area contributed by atoms with Gasteiger partial charge in [-0.05, 0) is 32.1 Å². The van der Waals surface area contributed by atoms with Crippen LogP contribution in [-0.2, 0) is 4.79 Å². The highest BCUT2D eigenvalue weighted by atomic mass is 16.3. The van der Waals surface area contributed by atoms with Gasteiger partial charge < -0.3 is 15.7 Å². The molecule has 0 aromatic heterocycles. The largest absolute Gasteiger partial charge is 0.394 e. The Morgan fingerprint density at radius 3 is 2.53 bits per heavy atom. The van der Waals surface area contributed by atoms with Crippen LogP contribution in [0.4, 0.5) is 0 Å². The third kappa shape index (κ3) is 2.80. The maximum atomic E-state index is 12.6. The molecule has 1 saturated heterocycles. The lowest BCUT2D eigenvalue weighted by molar-refractivity contribution is -0.147. The number of amides is 1. The van der Waals surface area contributed by atoms with Crippen LogP contribution in [-0.4, -0.2) is 41.7 Å². The minimum absolute atomic E-state index is 0.000255. The van der Waals surface area contributed by atoms with Gasteiger partial charge in [-0.25, -0.2) is 0 Å². The van der Waals surface area contributed by atoms with Crippen molar-refractivity contribution < 1.29 is 9.90 Å². The summed E-state index contributed by atoms with van der Waals surface area (Å²) < 4.78 is 0. The van der Waals surface area contributed by atoms with Crippen LogP contribution in [0.15, 0.2) is 0 Å². The first-order valence-corrected chi connectivity index (χ1v) is 6.77. The number of likely N-dealkylation sites (tertiary alicyclic amines) is 1. The number of nitrogens with zero attached hydrogens (tertiary/aromatic N) is 1. The van der Waals surface area contributed by atoms with E-state index in [0.29, 0.717) is 6.54 Å². The Morgan fingerprint density at radius 1 is 1.41 bits per heavy atom. The molecule has 17 heavy (non-hydrogen) atoms. The highest BCUT2D eigenvalue weighted by molar-refractivity contribution is 5.83. The molecule has 0 aromatic rings. The number of aliphatic hydroxyl groups is 1. The number of carbonyl (C=O) groups is 1. The van der Waals surface area contributed by atoms with E-state index in [2.05, 4.69) is 0 Å². The number of hydrogen-bond acceptors (Lipinski definition) is 3. The van der Waals surface area contributed by atoms with Crippen LogP contribution < -0.4 is 5.73 Å². The number of piperidine rings is 1. The molecule has 0 spiro atoms. The van der Waals surface area contributed by atoms with E-state index in [1.165, 1.54) is 0 Å². The Labute approximate surface area is 104 Å². The normalized spacial score (nSPS) is 21.6. The fourth-order valence-electron chi connectivity index (χ4n) is 2.69. The molecule has 1 aliphatic rings. The summed E-state index contributed by atoms with van der Waals surface area (Å²) >= 11 is 0. The first-order chi connectivity index (χ1) is 8.15. The fourth-order valence-corrected chi connectivity index (χ4v) is 2.69. The van der Waals surface area contributed by atoms with Crippen molar-refractivity contribution in [2.45, 2.75) is 52.0 Å². The van der Waals surface area contributed by atoms with E-state index in [0.717, 1.165) is 38.6 Å². The molecular formula is C13H26N2O2. The van der Waals surface area contributed by atoms with Crippen LogP contribution in [0, 0.1) is 5.41 Å². The van der Waals surface area contributed by atoms with Gasteiger partial charge >= 0.3 is 0 Å². The lowest BCUT2D eigenvalue weighted by Crippen LogP contribution is -2.54. The van der Waals surface area contributed by atoms with Crippen LogP contribution in [0.3, 0.4) is 0 Å². The maximum Gasteiger partial charge on any atom is 0.230 e. The van der Waals surface area contributed by atoms with Gasteiger partial charge in [0.25, 0.3) is 0 Å². The minimum atomic E-state index is -0.426. The third-order valence-electron chi connectivity index (χ3n) is 4.30. The van der Waals surface area contributed by atoms with Crippen molar-refractivity contribution in [2.75, 3.05) is 19.7 Å². The van der Waals surface area contributed by atoms with Gasteiger partial charge in [0.2, 0.25) is 5.91 Å². The van der Waals surface area contributed by atoms with Gasteiger partial charge in [0, 0.05) is 13.1 Å². The van der Waals surface area contributed by atoms with Crippen molar-refractivity contribution in [3.8, 4) is 0 Å². The zero-order valence-corrected chi connectivity index (χ0v) is 11.1. The monoisotopic (exact) mass is 242 g/mol. The Bertz CT molecular complexity index is 244. The van der Waals surface area contributed by atoms with Gasteiger partial charge in [0.05, 0.1) is 18.1 Å². The Balaban J connectivity index is 2.84. The molecule has 0 aromatic carbocycles. The first kappa shape index (κ1) is 14.5. The van der Waals surface area contributed by atoms with Gasteiger partial charge in [-0.15, -0.1) is 0 Å². The molecule has 1 rings (SSSR count). The molecule has 0 aliphatic carbocycles. The molecule has 1 atom stereocenters. The van der Waals surface area contributed by atoms with Gasteiger partial charge in [-0.3, -0.25) is 4.79 Å². The van der Waals surface area contributed by atoms with E-state index in [9.17, 15) is 9.90 Å². The van der Waals surface area contributed by atoms with Crippen molar-refractivity contribution in [3.63, 3.8) is 0 Å². The van der Waals surface area contributed by atoms with E-state index < -0.39 is 5.41 Å². The van der Waals surface area contributed by atoms with Gasteiger partial charge in [-0.1, -0.05) is 13.8 Å². The molecule has 1 heterocycles. The number of hydrogen-bond donors (Lipinski definition) is 2. The lowest BCUT2D eigenvalue weighted by Gasteiger charge is -2.41. The van der Waals surface area contributed by atoms with Crippen molar-refractivity contribution in [1.82, 2.24) is 4.90 Å². The molecule has 0 saturated carbocycles. The smallest absolute Gasteiger partial charge is 0.230 e. The number of aliphatic hydroxyl groups excluding tert-OH is 1. The van der Waals surface area contributed by atoms with Crippen LogP contribution in [0.1, 0.15) is 46.0 Å². The highest BCUT2D eigenvalue weighted by Crippen LogP contribution is 2.30. The Morgan fingerprint density at radius 2 is 2.06 bits per heavy atom. The Kier molecular flexibility index (Phi) is 5.40. The molecular weight excluding hydrogens is 216 g/mol. The standard InChI is InChI=1S/C13H26N2O2/c1-3-13(4-2,10-14)12(17)15-8-6-5-7-11(15)9-16/h11,16H,3-10,14H2,1-2H3. The lowest BCUT2D eigenvalue weighted by atomic mass is 9.80. The second-order valence-electron chi connectivity index (χ2n) is 5.02. The molecule has 0 bridgehead atoms. The molecule has 4 heteroatoms. The second-order valence-corrected chi connectivity index (χ2v) is 5.02. The molecule has 100 valence electrons. The zero-order valence-electron chi connectivity index (χ0n) is 11.1. The average Bonchev–Trinajstić information content (AvgIpc) is 2.41. The van der Waals surface area contributed by atoms with Crippen molar-refractivity contribution in [1.29, 1.82) is 0 Å². The molecule has 1 amide bonds. The summed E-state index contributed by atoms with van der Waals surface area (Å²) in [6, 6.07) is 0.000255. The van der Waals surface area contributed by atoms with Crippen LogP contribution >= 0.6 is 0 Å². The number of rotatable bonds is 5. The molecule has 1 unspecified atom stereocenters. The molecule has 0 radical (unpaired) electrons. The molecule has 1 aliphatic heterocycles. The number of carbonyl (C=O) groups excluding carboxylic acids is 1. The summed E-state index contributed by atoms with van der Waals surface area (Å²) in [4.78, 5) is 14.5. The van der Waals surface area contributed by atoms with E-state index in [1.54, 1.807) is 0 Å². The van der Waals surface area contributed by atoms with Crippen LogP contribution in [0.5, 0.6) is 0 Å². The third-order valence-corrected chi connectivity index (χ3v) is 4.30. The van der Waals surface area contributed by atoms with Crippen LogP contribution in [0.25, 0.3) is 0 Å². The quantitative estimate of drug-likeness (QED) is 0.759. The predicted molar refractivity (Wildman–Crippen MR) is 68.5 cm³/mol. The predicted octanol–water partition coefficient (Wildman–Crippen LogP) is 1.12. The summed E-state index contributed by atoms with van der Waals surface area (Å²) in [5.41, 5.74) is 5.39. The zero-order chi connectivity index (χ0) is 12.9. The summed E-state index contributed by atoms with van der Waals surface area (Å²) in [6.45, 7) is 5.28. The Hall–Kier alpha value is -0.610. The summed E-state index contributed by atoms with van der Waals surface area (Å²) in [6.07, 6.45) is 4.59. The summed E-state index contributed by atoms with van der Waals surface area (Å²) in [5.74, 6) is 0.142.